The quantitative estimate of drug-likeness (QED) is 0.468. The zero-order chi connectivity index (χ0) is 28.4. The molecule has 0 aromatic carbocycles. The van der Waals surface area contributed by atoms with E-state index < -0.39 is 22.2 Å². The van der Waals surface area contributed by atoms with Gasteiger partial charge >= 0.3 is 11.9 Å². The first kappa shape index (κ1) is 26.8. The summed E-state index contributed by atoms with van der Waals surface area (Å²) in [5.74, 6) is -1.05. The molecule has 1 unspecified atom stereocenters. The summed E-state index contributed by atoms with van der Waals surface area (Å²) in [7, 11) is 1.48. The summed E-state index contributed by atoms with van der Waals surface area (Å²) in [6.07, 6.45) is 9.73. The lowest BCUT2D eigenvalue weighted by Gasteiger charge is -2.69. The zero-order valence-corrected chi connectivity index (χ0v) is 24.5. The van der Waals surface area contributed by atoms with E-state index in [1.807, 2.05) is 6.08 Å². The fourth-order valence-electron chi connectivity index (χ4n) is 10.8. The Morgan fingerprint density at radius 1 is 1.05 bits per heavy atom. The molecule has 5 aliphatic carbocycles. The molecule has 1 aromatic rings. The Hall–Kier alpha value is -2.44. The number of carbonyl (C=O) groups is 3. The van der Waals surface area contributed by atoms with Gasteiger partial charge in [0.25, 0.3) is 0 Å². The van der Waals surface area contributed by atoms with Gasteiger partial charge in [-0.15, -0.1) is 0 Å². The van der Waals surface area contributed by atoms with Gasteiger partial charge < -0.3 is 14.4 Å². The number of nitrogens with zero attached hydrogens (tertiary/aromatic N) is 1. The van der Waals surface area contributed by atoms with E-state index in [0.29, 0.717) is 12.2 Å². The predicted octanol–water partition coefficient (Wildman–Crippen LogP) is 5.91. The molecule has 0 radical (unpaired) electrons. The van der Waals surface area contributed by atoms with Crippen molar-refractivity contribution in [2.45, 2.75) is 98.3 Å². The minimum Gasteiger partial charge on any atom is -0.480 e. The first-order valence-electron chi connectivity index (χ1n) is 14.6. The molecular formula is C32H43NO6. The lowest BCUT2D eigenvalue weighted by atomic mass is 9.34. The number of ketones is 1. The summed E-state index contributed by atoms with van der Waals surface area (Å²) in [5.41, 5.74) is -1.03. The van der Waals surface area contributed by atoms with E-state index >= 15 is 0 Å². The van der Waals surface area contributed by atoms with Crippen LogP contribution in [0.1, 0.15) is 97.8 Å². The lowest BCUT2D eigenvalue weighted by molar-refractivity contribution is -0.192. The summed E-state index contributed by atoms with van der Waals surface area (Å²) in [4.78, 5) is 40.8. The molecule has 1 aromatic heterocycles. The summed E-state index contributed by atoms with van der Waals surface area (Å²) in [6, 6.07) is 0. The van der Waals surface area contributed by atoms with Crippen molar-refractivity contribution < 1.29 is 28.8 Å². The van der Waals surface area contributed by atoms with Crippen molar-refractivity contribution in [2.75, 3.05) is 7.11 Å². The number of hydrogen-bond acceptors (Lipinski definition) is 6. The molecule has 5 aliphatic rings. The van der Waals surface area contributed by atoms with Gasteiger partial charge in [-0.1, -0.05) is 45.3 Å². The summed E-state index contributed by atoms with van der Waals surface area (Å²) in [5, 5.41) is 14.5. The number of ether oxygens (including phenoxy) is 1. The van der Waals surface area contributed by atoms with Gasteiger partial charge in [0, 0.05) is 11.5 Å². The van der Waals surface area contributed by atoms with Gasteiger partial charge in [-0.05, 0) is 97.9 Å². The minimum atomic E-state index is -1.22. The van der Waals surface area contributed by atoms with Crippen LogP contribution in [0.4, 0.5) is 0 Å². The van der Waals surface area contributed by atoms with Crippen LogP contribution < -0.4 is 0 Å². The SMILES string of the molecule is COC(=O)[C@]12CCC(C)(C)C[C@H]1[C@H]1C(=O)C=C3[C@@]4(C)Cc5cnoc5[C@@](C)(C(=O)O)C4CC[C@@]3(C)[C@]1(C)CC2. The van der Waals surface area contributed by atoms with Crippen LogP contribution in [0.5, 0.6) is 0 Å². The Bertz CT molecular complexity index is 1310. The van der Waals surface area contributed by atoms with Crippen LogP contribution in [0, 0.1) is 44.8 Å². The highest BCUT2D eigenvalue weighted by Crippen LogP contribution is 2.74. The first-order valence-corrected chi connectivity index (χ1v) is 14.6. The first-order chi connectivity index (χ1) is 18.1. The summed E-state index contributed by atoms with van der Waals surface area (Å²) >= 11 is 0. The largest absolute Gasteiger partial charge is 0.480 e. The second-order valence-electron chi connectivity index (χ2n) is 15.2. The molecule has 6 rings (SSSR count). The molecule has 8 atom stereocenters. The Labute approximate surface area is 231 Å². The molecule has 1 heterocycles. The monoisotopic (exact) mass is 537 g/mol. The third kappa shape index (κ3) is 3.05. The van der Waals surface area contributed by atoms with Crippen molar-refractivity contribution in [1.29, 1.82) is 0 Å². The number of carboxylic acid groups (broad SMARTS) is 1. The third-order valence-corrected chi connectivity index (χ3v) is 13.1. The molecule has 3 saturated carbocycles. The number of methoxy groups -OCH3 is 1. The fourth-order valence-corrected chi connectivity index (χ4v) is 10.8. The van der Waals surface area contributed by atoms with Crippen LogP contribution in [0.25, 0.3) is 0 Å². The predicted molar refractivity (Wildman–Crippen MR) is 144 cm³/mol. The summed E-state index contributed by atoms with van der Waals surface area (Å²) in [6.45, 7) is 13.1. The highest BCUT2D eigenvalue weighted by molar-refractivity contribution is 5.96. The lowest BCUT2D eigenvalue weighted by Crippen LogP contribution is -2.66. The molecular weight excluding hydrogens is 494 g/mol. The molecule has 0 bridgehead atoms. The molecule has 0 aliphatic heterocycles. The number of hydrogen-bond donors (Lipinski definition) is 1. The number of aromatic nitrogens is 1. The smallest absolute Gasteiger partial charge is 0.317 e. The van der Waals surface area contributed by atoms with E-state index in [4.69, 9.17) is 9.26 Å². The number of fused-ring (bicyclic) bond motifs is 8. The molecule has 1 N–H and O–H groups in total. The van der Waals surface area contributed by atoms with Gasteiger partial charge in [0.05, 0.1) is 18.7 Å². The Morgan fingerprint density at radius 2 is 1.74 bits per heavy atom. The van der Waals surface area contributed by atoms with E-state index in [-0.39, 0.29) is 45.8 Å². The van der Waals surface area contributed by atoms with E-state index in [2.05, 4.69) is 39.8 Å². The van der Waals surface area contributed by atoms with Crippen LogP contribution >= 0.6 is 0 Å². The number of carboxylic acids is 1. The molecule has 0 spiro atoms. The molecule has 3 fully saturated rings. The minimum absolute atomic E-state index is 0.0482. The van der Waals surface area contributed by atoms with Gasteiger partial charge in [0.2, 0.25) is 0 Å². The van der Waals surface area contributed by atoms with Gasteiger partial charge in [0.15, 0.2) is 11.5 Å². The number of rotatable bonds is 2. The van der Waals surface area contributed by atoms with Crippen LogP contribution in [-0.2, 0) is 31.0 Å². The van der Waals surface area contributed by atoms with E-state index in [1.54, 1.807) is 13.1 Å². The Morgan fingerprint density at radius 3 is 2.41 bits per heavy atom. The van der Waals surface area contributed by atoms with E-state index in [0.717, 1.165) is 56.1 Å². The molecule has 0 saturated heterocycles. The van der Waals surface area contributed by atoms with Gasteiger partial charge in [0.1, 0.15) is 5.41 Å². The maximum atomic E-state index is 14.5. The third-order valence-electron chi connectivity index (χ3n) is 13.1. The molecule has 39 heavy (non-hydrogen) atoms. The van der Waals surface area contributed by atoms with Crippen molar-refractivity contribution >= 4 is 17.7 Å². The molecule has 7 heteroatoms. The van der Waals surface area contributed by atoms with E-state index in [1.165, 1.54) is 7.11 Å². The van der Waals surface area contributed by atoms with Crippen molar-refractivity contribution in [1.82, 2.24) is 5.16 Å². The van der Waals surface area contributed by atoms with Crippen molar-refractivity contribution in [3.63, 3.8) is 0 Å². The highest BCUT2D eigenvalue weighted by Gasteiger charge is 2.72. The second kappa shape index (κ2) is 7.85. The van der Waals surface area contributed by atoms with Crippen molar-refractivity contribution in [2.24, 2.45) is 44.8 Å². The van der Waals surface area contributed by atoms with Crippen molar-refractivity contribution in [3.05, 3.63) is 29.2 Å². The maximum Gasteiger partial charge on any atom is 0.317 e. The maximum absolute atomic E-state index is 14.5. The van der Waals surface area contributed by atoms with Crippen LogP contribution in [-0.4, -0.2) is 35.1 Å². The normalized spacial score (nSPS) is 46.0. The van der Waals surface area contributed by atoms with Crippen LogP contribution in [0.2, 0.25) is 0 Å². The number of esters is 1. The second-order valence-corrected chi connectivity index (χ2v) is 15.2. The number of aliphatic carboxylic acids is 1. The summed E-state index contributed by atoms with van der Waals surface area (Å²) < 4.78 is 11.0. The molecule has 7 nitrogen and oxygen atoms in total. The number of allylic oxidation sites excluding steroid dienone is 2. The van der Waals surface area contributed by atoms with Gasteiger partial charge in [-0.25, -0.2) is 0 Å². The fraction of sp³-hybridized carbons (Fsp3) is 0.750. The van der Waals surface area contributed by atoms with Gasteiger partial charge in [-0.2, -0.15) is 0 Å². The zero-order valence-electron chi connectivity index (χ0n) is 24.5. The topological polar surface area (TPSA) is 107 Å². The van der Waals surface area contributed by atoms with Gasteiger partial charge in [-0.3, -0.25) is 14.4 Å². The van der Waals surface area contributed by atoms with Crippen molar-refractivity contribution in [3.8, 4) is 0 Å². The Balaban J connectivity index is 1.52. The van der Waals surface area contributed by atoms with Crippen LogP contribution in [0.3, 0.4) is 0 Å². The Kier molecular flexibility index (Phi) is 5.39. The molecule has 0 amide bonds. The number of carbonyl (C=O) groups excluding carboxylic acids is 2. The van der Waals surface area contributed by atoms with Crippen LogP contribution in [0.15, 0.2) is 22.4 Å². The average Bonchev–Trinajstić information content (AvgIpc) is 3.33. The molecule has 212 valence electrons. The standard InChI is InChI=1S/C32H43NO6/c1-27(2)10-12-32(26(37)38-7)13-11-30(5)23(19(32)16-27)20(34)14-22-28(3)15-18-17-33-39-24(18)31(6,25(35)36)21(28)8-9-29(22,30)4/h14,17,19,21,23H,8-13,15-16H2,1-7H3,(H,35,36)/t19-,21?,23-,28-,29+,30+,31-,32-/m0/s1. The average molecular weight is 538 g/mol. The van der Waals surface area contributed by atoms with E-state index in [9.17, 15) is 19.5 Å². The highest BCUT2D eigenvalue weighted by atomic mass is 16.5.